The highest BCUT2D eigenvalue weighted by molar-refractivity contribution is 9.10. The second-order valence-corrected chi connectivity index (χ2v) is 5.07. The van der Waals surface area contributed by atoms with Gasteiger partial charge in [-0.1, -0.05) is 28.1 Å². The van der Waals surface area contributed by atoms with Crippen molar-refractivity contribution in [3.8, 4) is 5.75 Å². The van der Waals surface area contributed by atoms with Gasteiger partial charge >= 0.3 is 0 Å². The smallest absolute Gasteiger partial charge is 0.119 e. The summed E-state index contributed by atoms with van der Waals surface area (Å²) < 4.78 is 6.24. The fourth-order valence-electron chi connectivity index (χ4n) is 1.80. The van der Waals surface area contributed by atoms with Crippen molar-refractivity contribution >= 4 is 21.6 Å². The number of methoxy groups -OCH3 is 1. The number of hydrogen-bond acceptors (Lipinski definition) is 2. The highest BCUT2D eigenvalue weighted by Gasteiger charge is 2.05. The monoisotopic (exact) mass is 305 g/mol. The van der Waals surface area contributed by atoms with Gasteiger partial charge in [-0.25, -0.2) is 0 Å². The summed E-state index contributed by atoms with van der Waals surface area (Å²) in [6.07, 6.45) is 0. The largest absolute Gasteiger partial charge is 0.497 e. The molecule has 2 rings (SSSR count). The Morgan fingerprint density at radius 2 is 1.83 bits per heavy atom. The van der Waals surface area contributed by atoms with Gasteiger partial charge < -0.3 is 10.1 Å². The van der Waals surface area contributed by atoms with Crippen LogP contribution in [-0.4, -0.2) is 7.11 Å². The Morgan fingerprint density at radius 1 is 1.11 bits per heavy atom. The molecule has 2 aromatic carbocycles. The number of nitrogens with one attached hydrogen (secondary N) is 1. The molecule has 0 amide bonds. The minimum absolute atomic E-state index is 0.260. The number of anilines is 1. The first-order valence-electron chi connectivity index (χ1n) is 5.85. The third kappa shape index (κ3) is 3.26. The fraction of sp³-hybridized carbons (Fsp3) is 0.200. The third-order valence-electron chi connectivity index (χ3n) is 2.82. The second-order valence-electron chi connectivity index (χ2n) is 4.15. The minimum atomic E-state index is 0.260. The van der Waals surface area contributed by atoms with Crippen molar-refractivity contribution in [1.29, 1.82) is 0 Å². The average Bonchev–Trinajstić information content (AvgIpc) is 2.39. The number of benzene rings is 2. The molecule has 3 heteroatoms. The van der Waals surface area contributed by atoms with Crippen LogP contribution < -0.4 is 10.1 Å². The van der Waals surface area contributed by atoms with Crippen LogP contribution in [0, 0.1) is 0 Å². The molecule has 0 aliphatic rings. The molecule has 0 heterocycles. The summed E-state index contributed by atoms with van der Waals surface area (Å²) in [6.45, 7) is 2.14. The number of rotatable bonds is 4. The summed E-state index contributed by atoms with van der Waals surface area (Å²) in [7, 11) is 1.67. The lowest BCUT2D eigenvalue weighted by molar-refractivity contribution is 0.415. The standard InChI is InChI=1S/C15H16BrNO/c1-11(12-4-3-5-13(16)10-12)17-14-6-8-15(18-2)9-7-14/h3-11,17H,1-2H3/t11-/m0/s1. The Morgan fingerprint density at radius 3 is 2.44 bits per heavy atom. The van der Waals surface area contributed by atoms with E-state index in [1.54, 1.807) is 7.11 Å². The maximum Gasteiger partial charge on any atom is 0.119 e. The van der Waals surface area contributed by atoms with Crippen molar-refractivity contribution < 1.29 is 4.74 Å². The van der Waals surface area contributed by atoms with E-state index < -0.39 is 0 Å². The van der Waals surface area contributed by atoms with E-state index in [-0.39, 0.29) is 6.04 Å². The van der Waals surface area contributed by atoms with E-state index in [2.05, 4.69) is 40.3 Å². The lowest BCUT2D eigenvalue weighted by atomic mass is 10.1. The molecule has 1 atom stereocenters. The molecule has 2 aromatic rings. The van der Waals surface area contributed by atoms with Gasteiger partial charge in [0.25, 0.3) is 0 Å². The van der Waals surface area contributed by atoms with Gasteiger partial charge in [-0.15, -0.1) is 0 Å². The van der Waals surface area contributed by atoms with E-state index >= 15 is 0 Å². The normalized spacial score (nSPS) is 11.9. The molecule has 0 bridgehead atoms. The van der Waals surface area contributed by atoms with Crippen molar-refractivity contribution in [2.75, 3.05) is 12.4 Å². The number of hydrogen-bond donors (Lipinski definition) is 1. The van der Waals surface area contributed by atoms with Gasteiger partial charge in [0.05, 0.1) is 7.11 Å². The van der Waals surface area contributed by atoms with Gasteiger partial charge in [0.15, 0.2) is 0 Å². The second kappa shape index (κ2) is 5.91. The Balaban J connectivity index is 2.08. The van der Waals surface area contributed by atoms with Crippen LogP contribution in [0.4, 0.5) is 5.69 Å². The summed E-state index contributed by atoms with van der Waals surface area (Å²) in [5.74, 6) is 0.871. The van der Waals surface area contributed by atoms with Crippen LogP contribution in [0.5, 0.6) is 5.75 Å². The van der Waals surface area contributed by atoms with Gasteiger partial charge in [-0.05, 0) is 48.9 Å². The molecule has 94 valence electrons. The molecule has 2 nitrogen and oxygen atoms in total. The molecular formula is C15H16BrNO. The van der Waals surface area contributed by atoms with Crippen molar-refractivity contribution in [3.05, 3.63) is 58.6 Å². The van der Waals surface area contributed by atoms with Crippen molar-refractivity contribution in [1.82, 2.24) is 0 Å². The predicted molar refractivity (Wildman–Crippen MR) is 79.2 cm³/mol. The first-order chi connectivity index (χ1) is 8.69. The highest BCUT2D eigenvalue weighted by Crippen LogP contribution is 2.23. The van der Waals surface area contributed by atoms with E-state index in [1.807, 2.05) is 36.4 Å². The summed E-state index contributed by atoms with van der Waals surface area (Å²) in [5.41, 5.74) is 2.34. The molecule has 0 radical (unpaired) electrons. The van der Waals surface area contributed by atoms with E-state index in [9.17, 15) is 0 Å². The van der Waals surface area contributed by atoms with Gasteiger partial charge in [0.2, 0.25) is 0 Å². The van der Waals surface area contributed by atoms with Crippen molar-refractivity contribution in [2.45, 2.75) is 13.0 Å². The average molecular weight is 306 g/mol. The lowest BCUT2D eigenvalue weighted by Gasteiger charge is -2.16. The maximum atomic E-state index is 5.14. The third-order valence-corrected chi connectivity index (χ3v) is 3.32. The van der Waals surface area contributed by atoms with E-state index in [0.29, 0.717) is 0 Å². The first-order valence-corrected chi connectivity index (χ1v) is 6.64. The molecule has 0 unspecified atom stereocenters. The molecule has 0 saturated carbocycles. The number of halogens is 1. The Kier molecular flexibility index (Phi) is 4.26. The van der Waals surface area contributed by atoms with Crippen LogP contribution in [0.15, 0.2) is 53.0 Å². The molecule has 18 heavy (non-hydrogen) atoms. The van der Waals surface area contributed by atoms with E-state index in [1.165, 1.54) is 5.56 Å². The maximum absolute atomic E-state index is 5.14. The van der Waals surface area contributed by atoms with Crippen LogP contribution in [0.25, 0.3) is 0 Å². The molecule has 0 aliphatic heterocycles. The SMILES string of the molecule is COc1ccc(N[C@@H](C)c2cccc(Br)c2)cc1. The highest BCUT2D eigenvalue weighted by atomic mass is 79.9. The Labute approximate surface area is 116 Å². The molecule has 1 N–H and O–H groups in total. The zero-order valence-corrected chi connectivity index (χ0v) is 12.1. The molecule has 0 saturated heterocycles. The Bertz CT molecular complexity index is 510. The van der Waals surface area contributed by atoms with Gasteiger partial charge in [-0.2, -0.15) is 0 Å². The molecule has 0 spiro atoms. The summed E-state index contributed by atoms with van der Waals surface area (Å²) in [4.78, 5) is 0. The van der Waals surface area contributed by atoms with Gasteiger partial charge in [-0.3, -0.25) is 0 Å². The van der Waals surface area contributed by atoms with Crippen LogP contribution >= 0.6 is 15.9 Å². The van der Waals surface area contributed by atoms with E-state index in [0.717, 1.165) is 15.9 Å². The molecule has 0 fully saturated rings. The quantitative estimate of drug-likeness (QED) is 0.889. The number of ether oxygens (including phenoxy) is 1. The van der Waals surface area contributed by atoms with Gasteiger partial charge in [0, 0.05) is 16.2 Å². The van der Waals surface area contributed by atoms with Crippen LogP contribution in [-0.2, 0) is 0 Å². The zero-order valence-electron chi connectivity index (χ0n) is 10.5. The van der Waals surface area contributed by atoms with Crippen molar-refractivity contribution in [2.24, 2.45) is 0 Å². The van der Waals surface area contributed by atoms with E-state index in [4.69, 9.17) is 4.74 Å². The van der Waals surface area contributed by atoms with Crippen LogP contribution in [0.1, 0.15) is 18.5 Å². The molecule has 0 aromatic heterocycles. The van der Waals surface area contributed by atoms with Gasteiger partial charge in [0.1, 0.15) is 5.75 Å². The Hall–Kier alpha value is -1.48. The minimum Gasteiger partial charge on any atom is -0.497 e. The van der Waals surface area contributed by atoms with Crippen LogP contribution in [0.3, 0.4) is 0 Å². The summed E-state index contributed by atoms with van der Waals surface area (Å²) >= 11 is 3.49. The summed E-state index contributed by atoms with van der Waals surface area (Å²) in [5, 5.41) is 3.46. The topological polar surface area (TPSA) is 21.3 Å². The zero-order chi connectivity index (χ0) is 13.0. The fourth-order valence-corrected chi connectivity index (χ4v) is 2.21. The predicted octanol–water partition coefficient (Wildman–Crippen LogP) is 4.63. The first kappa shape index (κ1) is 13.0. The summed E-state index contributed by atoms with van der Waals surface area (Å²) in [6, 6.07) is 16.5. The molecular weight excluding hydrogens is 290 g/mol. The lowest BCUT2D eigenvalue weighted by Crippen LogP contribution is -2.06. The van der Waals surface area contributed by atoms with Crippen LogP contribution in [0.2, 0.25) is 0 Å². The molecule has 0 aliphatic carbocycles. The van der Waals surface area contributed by atoms with Crippen molar-refractivity contribution in [3.63, 3.8) is 0 Å².